The molecule has 24 heavy (non-hydrogen) atoms. The highest BCUT2D eigenvalue weighted by atomic mass is 32.2. The van der Waals surface area contributed by atoms with Gasteiger partial charge in [0, 0.05) is 39.3 Å². The summed E-state index contributed by atoms with van der Waals surface area (Å²) < 4.78 is 28.8. The quantitative estimate of drug-likeness (QED) is 0.694. The van der Waals surface area contributed by atoms with Crippen LogP contribution in [0, 0.1) is 0 Å². The van der Waals surface area contributed by atoms with E-state index in [-0.39, 0.29) is 23.5 Å². The average Bonchev–Trinajstić information content (AvgIpc) is 2.74. The molecule has 3 fully saturated rings. The van der Waals surface area contributed by atoms with Gasteiger partial charge in [-0.1, -0.05) is 0 Å². The summed E-state index contributed by atoms with van der Waals surface area (Å²) in [5, 5.41) is 0. The Morgan fingerprint density at radius 2 is 1.96 bits per heavy atom. The van der Waals surface area contributed by atoms with E-state index in [2.05, 4.69) is 9.80 Å². The zero-order valence-electron chi connectivity index (χ0n) is 14.4. The Morgan fingerprint density at radius 1 is 1.25 bits per heavy atom. The second-order valence-corrected chi connectivity index (χ2v) is 9.75. The average molecular weight is 359 g/mol. The molecule has 8 heteroatoms. The van der Waals surface area contributed by atoms with Gasteiger partial charge in [0.25, 0.3) is 0 Å². The summed E-state index contributed by atoms with van der Waals surface area (Å²) in [6, 6.07) is 0.422. The minimum Gasteiger partial charge on any atom is -0.379 e. The highest BCUT2D eigenvalue weighted by molar-refractivity contribution is 7.91. The van der Waals surface area contributed by atoms with E-state index in [1.807, 2.05) is 0 Å². The van der Waals surface area contributed by atoms with Gasteiger partial charge in [-0.2, -0.15) is 0 Å². The van der Waals surface area contributed by atoms with Gasteiger partial charge in [-0.25, -0.2) is 8.42 Å². The number of fused-ring (bicyclic) bond motifs is 2. The van der Waals surface area contributed by atoms with Gasteiger partial charge < -0.3 is 10.5 Å². The van der Waals surface area contributed by atoms with E-state index in [1.54, 1.807) is 7.11 Å². The summed E-state index contributed by atoms with van der Waals surface area (Å²) in [7, 11) is -1.18. The van der Waals surface area contributed by atoms with Crippen molar-refractivity contribution >= 4 is 15.7 Å². The number of ether oxygens (including phenoxy) is 1. The van der Waals surface area contributed by atoms with Crippen LogP contribution in [0.2, 0.25) is 0 Å². The fourth-order valence-corrected chi connectivity index (χ4v) is 5.89. The number of amides is 1. The summed E-state index contributed by atoms with van der Waals surface area (Å²) in [5.41, 5.74) is 5.27. The first-order valence-electron chi connectivity index (χ1n) is 8.88. The predicted octanol–water partition coefficient (Wildman–Crippen LogP) is -0.396. The van der Waals surface area contributed by atoms with Gasteiger partial charge in [0.05, 0.1) is 17.6 Å². The Balaban J connectivity index is 1.63. The highest BCUT2D eigenvalue weighted by Crippen LogP contribution is 2.44. The Morgan fingerprint density at radius 3 is 2.58 bits per heavy atom. The molecule has 7 nitrogen and oxygen atoms in total. The van der Waals surface area contributed by atoms with Crippen LogP contribution in [0.1, 0.15) is 32.1 Å². The number of nitrogens with zero attached hydrogens (tertiary/aromatic N) is 2. The Kier molecular flexibility index (Phi) is 5.20. The fourth-order valence-electron chi connectivity index (χ4n) is 4.61. The molecule has 3 aliphatic rings. The number of carbonyl (C=O) groups is 1. The number of hydrogen-bond acceptors (Lipinski definition) is 6. The number of nitrogens with two attached hydrogens (primary N) is 1. The lowest BCUT2D eigenvalue weighted by Gasteiger charge is -2.44. The van der Waals surface area contributed by atoms with Crippen LogP contribution < -0.4 is 5.73 Å². The van der Waals surface area contributed by atoms with E-state index < -0.39 is 15.4 Å². The maximum atomic E-state index is 12.1. The molecular weight excluding hydrogens is 330 g/mol. The summed E-state index contributed by atoms with van der Waals surface area (Å²) in [5.74, 6) is 0.241. The van der Waals surface area contributed by atoms with Crippen molar-refractivity contribution in [1.82, 2.24) is 9.80 Å². The first kappa shape index (κ1) is 18.1. The third kappa shape index (κ3) is 3.47. The van der Waals surface area contributed by atoms with Gasteiger partial charge in [-0.3, -0.25) is 14.6 Å². The monoisotopic (exact) mass is 359 g/mol. The number of sulfone groups is 1. The molecule has 3 heterocycles. The summed E-state index contributed by atoms with van der Waals surface area (Å²) >= 11 is 0. The van der Waals surface area contributed by atoms with Crippen molar-refractivity contribution in [2.24, 2.45) is 5.73 Å². The van der Waals surface area contributed by atoms with Crippen LogP contribution in [0.15, 0.2) is 0 Å². The third-order valence-corrected chi connectivity index (χ3v) is 7.71. The SMILES string of the molecule is COC(CN1CCS(=O)(=O)CC1)CN1[C@@H]2CCC[C@@]1(C(N)=O)CC2. The van der Waals surface area contributed by atoms with Gasteiger partial charge in [-0.05, 0) is 32.1 Å². The largest absolute Gasteiger partial charge is 0.379 e. The lowest BCUT2D eigenvalue weighted by Crippen LogP contribution is -2.60. The Bertz CT molecular complexity index is 564. The van der Waals surface area contributed by atoms with Crippen LogP contribution in [0.3, 0.4) is 0 Å². The second kappa shape index (κ2) is 6.90. The maximum absolute atomic E-state index is 12.1. The van der Waals surface area contributed by atoms with E-state index >= 15 is 0 Å². The lowest BCUT2D eigenvalue weighted by molar-refractivity contribution is -0.133. The predicted molar refractivity (Wildman–Crippen MR) is 91.4 cm³/mol. The third-order valence-electron chi connectivity index (χ3n) is 6.10. The molecule has 0 aliphatic carbocycles. The first-order valence-corrected chi connectivity index (χ1v) is 10.7. The zero-order chi connectivity index (χ0) is 17.4. The lowest BCUT2D eigenvalue weighted by atomic mass is 9.87. The van der Waals surface area contributed by atoms with E-state index in [9.17, 15) is 13.2 Å². The number of carbonyl (C=O) groups excluding carboxylic acids is 1. The first-order chi connectivity index (χ1) is 11.4. The van der Waals surface area contributed by atoms with Crippen LogP contribution >= 0.6 is 0 Å². The van der Waals surface area contributed by atoms with Crippen LogP contribution in [0.5, 0.6) is 0 Å². The number of hydrogen-bond donors (Lipinski definition) is 1. The van der Waals surface area contributed by atoms with Gasteiger partial charge in [-0.15, -0.1) is 0 Å². The molecule has 3 atom stereocenters. The minimum absolute atomic E-state index is 0.0387. The fraction of sp³-hybridized carbons (Fsp3) is 0.938. The van der Waals surface area contributed by atoms with Crippen molar-refractivity contribution in [3.8, 4) is 0 Å². The summed E-state index contributed by atoms with van der Waals surface area (Å²) in [4.78, 5) is 16.6. The van der Waals surface area contributed by atoms with Crippen LogP contribution in [0.25, 0.3) is 0 Å². The van der Waals surface area contributed by atoms with Crippen molar-refractivity contribution < 1.29 is 17.9 Å². The molecular formula is C16H29N3O4S. The smallest absolute Gasteiger partial charge is 0.237 e. The summed E-state index contributed by atoms with van der Waals surface area (Å²) in [6.45, 7) is 2.51. The second-order valence-electron chi connectivity index (χ2n) is 7.44. The molecule has 3 aliphatic heterocycles. The van der Waals surface area contributed by atoms with Crippen LogP contribution in [-0.4, -0.2) is 86.6 Å². The van der Waals surface area contributed by atoms with Crippen LogP contribution in [0.4, 0.5) is 0 Å². The molecule has 2 N–H and O–H groups in total. The van der Waals surface area contributed by atoms with E-state index in [0.717, 1.165) is 32.1 Å². The van der Waals surface area contributed by atoms with Gasteiger partial charge in [0.2, 0.25) is 5.91 Å². The van der Waals surface area contributed by atoms with Gasteiger partial charge in [0.15, 0.2) is 9.84 Å². The number of piperidine rings is 1. The molecule has 3 rings (SSSR count). The molecule has 0 spiro atoms. The van der Waals surface area contributed by atoms with E-state index in [4.69, 9.17) is 10.5 Å². The van der Waals surface area contributed by atoms with E-state index in [0.29, 0.717) is 32.2 Å². The number of methoxy groups -OCH3 is 1. The van der Waals surface area contributed by atoms with Crippen LogP contribution in [-0.2, 0) is 19.4 Å². The standard InChI is InChI=1S/C16H29N3O4S/c1-23-14(11-18-7-9-24(21,22)10-8-18)12-19-13-3-2-5-16(19,6-4-13)15(17)20/h13-14H,2-12H2,1H3,(H2,17,20)/t13-,14?,16+/m1/s1. The molecule has 138 valence electrons. The van der Waals surface area contributed by atoms with Crippen molar-refractivity contribution in [1.29, 1.82) is 0 Å². The summed E-state index contributed by atoms with van der Waals surface area (Å²) in [6.07, 6.45) is 4.87. The minimum atomic E-state index is -2.87. The Labute approximate surface area is 144 Å². The molecule has 0 radical (unpaired) electrons. The molecule has 0 aromatic rings. The topological polar surface area (TPSA) is 92.9 Å². The molecule has 0 aromatic carbocycles. The van der Waals surface area contributed by atoms with Crippen molar-refractivity contribution in [3.05, 3.63) is 0 Å². The van der Waals surface area contributed by atoms with Crippen molar-refractivity contribution in [3.63, 3.8) is 0 Å². The van der Waals surface area contributed by atoms with E-state index in [1.165, 1.54) is 0 Å². The van der Waals surface area contributed by atoms with Gasteiger partial charge in [0.1, 0.15) is 5.54 Å². The molecule has 1 amide bonds. The molecule has 1 unspecified atom stereocenters. The maximum Gasteiger partial charge on any atom is 0.237 e. The molecule has 3 saturated heterocycles. The normalized spacial score (nSPS) is 35.0. The van der Waals surface area contributed by atoms with Crippen molar-refractivity contribution in [2.75, 3.05) is 44.8 Å². The zero-order valence-corrected chi connectivity index (χ0v) is 15.3. The highest BCUT2D eigenvalue weighted by Gasteiger charge is 2.53. The number of primary amides is 1. The number of rotatable bonds is 6. The Hall–Kier alpha value is -0.700. The molecule has 0 aromatic heterocycles. The van der Waals surface area contributed by atoms with Gasteiger partial charge >= 0.3 is 0 Å². The molecule has 2 bridgehead atoms. The van der Waals surface area contributed by atoms with Crippen molar-refractivity contribution in [2.45, 2.75) is 49.8 Å². The molecule has 0 saturated carbocycles.